The van der Waals surface area contributed by atoms with E-state index in [4.69, 9.17) is 15.5 Å². The van der Waals surface area contributed by atoms with Gasteiger partial charge in [0.25, 0.3) is 5.56 Å². The van der Waals surface area contributed by atoms with Gasteiger partial charge in [0.05, 0.1) is 24.4 Å². The molecule has 3 aromatic heterocycles. The lowest BCUT2D eigenvalue weighted by atomic mass is 10.2. The van der Waals surface area contributed by atoms with E-state index in [1.807, 2.05) is 43.3 Å². The highest BCUT2D eigenvalue weighted by atomic mass is 32.2. The number of hydrogen-bond acceptors (Lipinski definition) is 7. The second kappa shape index (κ2) is 8.22. The van der Waals surface area contributed by atoms with E-state index in [9.17, 15) is 9.59 Å². The average molecular weight is 427 g/mol. The summed E-state index contributed by atoms with van der Waals surface area (Å²) in [5.74, 6) is 0.277. The van der Waals surface area contributed by atoms with Gasteiger partial charge in [0, 0.05) is 17.1 Å². The number of ether oxygens (including phenoxy) is 1. The van der Waals surface area contributed by atoms with Crippen LogP contribution in [0.5, 0.6) is 5.75 Å². The first-order chi connectivity index (χ1) is 14.1. The number of carbonyl (C=O) groups excluding carboxylic acids is 1. The van der Waals surface area contributed by atoms with Crippen LogP contribution in [0.15, 0.2) is 52.5 Å². The van der Waals surface area contributed by atoms with E-state index < -0.39 is 5.91 Å². The fraction of sp³-hybridized carbons (Fsp3) is 0.200. The first-order valence-electron chi connectivity index (χ1n) is 8.98. The number of pyridine rings is 1. The molecular weight excluding hydrogens is 408 g/mol. The molecule has 0 aliphatic heterocycles. The van der Waals surface area contributed by atoms with Gasteiger partial charge in [0.1, 0.15) is 15.3 Å². The molecule has 0 fully saturated rings. The summed E-state index contributed by atoms with van der Waals surface area (Å²) in [5.41, 5.74) is 6.62. The van der Waals surface area contributed by atoms with E-state index in [1.54, 1.807) is 10.8 Å². The predicted octanol–water partition coefficient (Wildman–Crippen LogP) is 3.03. The summed E-state index contributed by atoms with van der Waals surface area (Å²) >= 11 is 2.48. The first-order valence-corrected chi connectivity index (χ1v) is 10.8. The lowest BCUT2D eigenvalue weighted by Crippen LogP contribution is -2.24. The number of hydrogen-bond donors (Lipinski definition) is 1. The van der Waals surface area contributed by atoms with E-state index in [0.717, 1.165) is 27.5 Å². The molecule has 1 amide bonds. The molecule has 4 rings (SSSR count). The van der Waals surface area contributed by atoms with Gasteiger partial charge in [0.15, 0.2) is 5.16 Å². The van der Waals surface area contributed by atoms with Gasteiger partial charge in [-0.25, -0.2) is 9.97 Å². The normalized spacial score (nSPS) is 11.2. The number of benzene rings is 1. The number of carbonyl (C=O) groups is 1. The number of primary amides is 1. The summed E-state index contributed by atoms with van der Waals surface area (Å²) < 4.78 is 7.81. The highest BCUT2D eigenvalue weighted by molar-refractivity contribution is 7.99. The molecule has 0 spiro atoms. The van der Waals surface area contributed by atoms with Crippen molar-refractivity contribution in [1.29, 1.82) is 0 Å². The number of amides is 1. The van der Waals surface area contributed by atoms with Crippen LogP contribution in [0.4, 0.5) is 0 Å². The Morgan fingerprint density at radius 3 is 2.90 bits per heavy atom. The maximum atomic E-state index is 13.4. The minimum Gasteiger partial charge on any atom is -0.494 e. The van der Waals surface area contributed by atoms with Crippen LogP contribution in [0.2, 0.25) is 0 Å². The molecule has 0 saturated carbocycles. The van der Waals surface area contributed by atoms with Crippen LogP contribution >= 0.6 is 23.1 Å². The number of nitrogens with zero attached hydrogens (tertiary/aromatic N) is 3. The van der Waals surface area contributed by atoms with Crippen molar-refractivity contribution in [3.63, 3.8) is 0 Å². The van der Waals surface area contributed by atoms with Crippen molar-refractivity contribution >= 4 is 49.4 Å². The lowest BCUT2D eigenvalue weighted by Gasteiger charge is -2.14. The van der Waals surface area contributed by atoms with Gasteiger partial charge in [-0.2, -0.15) is 0 Å². The number of para-hydroxylation sites is 1. The van der Waals surface area contributed by atoms with Gasteiger partial charge in [-0.3, -0.25) is 14.2 Å². The molecule has 29 heavy (non-hydrogen) atoms. The summed E-state index contributed by atoms with van der Waals surface area (Å²) in [7, 11) is 0. The topological polar surface area (TPSA) is 100 Å². The molecular formula is C20H18N4O3S2. The predicted molar refractivity (Wildman–Crippen MR) is 116 cm³/mol. The number of thioether (sulfide) groups is 1. The third kappa shape index (κ3) is 3.83. The highest BCUT2D eigenvalue weighted by Crippen LogP contribution is 2.31. The van der Waals surface area contributed by atoms with Gasteiger partial charge >= 0.3 is 0 Å². The monoisotopic (exact) mass is 426 g/mol. The highest BCUT2D eigenvalue weighted by Gasteiger charge is 2.18. The van der Waals surface area contributed by atoms with Crippen molar-refractivity contribution in [2.45, 2.75) is 18.6 Å². The van der Waals surface area contributed by atoms with Gasteiger partial charge < -0.3 is 10.5 Å². The summed E-state index contributed by atoms with van der Waals surface area (Å²) in [6.07, 6.45) is 1.69. The maximum Gasteiger partial charge on any atom is 0.272 e. The Hall–Kier alpha value is -2.91. The molecule has 0 saturated heterocycles. The van der Waals surface area contributed by atoms with Crippen molar-refractivity contribution in [1.82, 2.24) is 14.5 Å². The van der Waals surface area contributed by atoms with Crippen LogP contribution in [0.3, 0.4) is 0 Å². The van der Waals surface area contributed by atoms with Crippen LogP contribution in [0.25, 0.3) is 20.4 Å². The van der Waals surface area contributed by atoms with Crippen LogP contribution in [0, 0.1) is 0 Å². The molecule has 1 aromatic carbocycles. The molecule has 0 radical (unpaired) electrons. The van der Waals surface area contributed by atoms with Crippen LogP contribution in [-0.4, -0.2) is 32.8 Å². The second-order valence-corrected chi connectivity index (χ2v) is 8.16. The average Bonchev–Trinajstić information content (AvgIpc) is 3.09. The Balaban J connectivity index is 1.90. The Kier molecular flexibility index (Phi) is 5.50. The molecule has 148 valence electrons. The maximum absolute atomic E-state index is 13.4. The molecule has 7 nitrogen and oxygen atoms in total. The quantitative estimate of drug-likeness (QED) is 0.360. The number of rotatable bonds is 7. The Labute approximate surface area is 174 Å². The zero-order valence-corrected chi connectivity index (χ0v) is 17.3. The summed E-state index contributed by atoms with van der Waals surface area (Å²) in [6, 6.07) is 11.3. The SMILES string of the molecule is CCOc1ccccc1Cn1c(SCC(N)=O)nc2c(sc3ncccc32)c1=O. The molecule has 4 aromatic rings. The minimum absolute atomic E-state index is 0.0331. The van der Waals surface area contributed by atoms with Crippen LogP contribution in [-0.2, 0) is 11.3 Å². The van der Waals surface area contributed by atoms with E-state index >= 15 is 0 Å². The second-order valence-electron chi connectivity index (χ2n) is 6.22. The van der Waals surface area contributed by atoms with Crippen molar-refractivity contribution < 1.29 is 9.53 Å². The van der Waals surface area contributed by atoms with Gasteiger partial charge in [0.2, 0.25) is 5.91 Å². The van der Waals surface area contributed by atoms with Gasteiger partial charge in [-0.1, -0.05) is 30.0 Å². The van der Waals surface area contributed by atoms with Crippen molar-refractivity contribution in [2.75, 3.05) is 12.4 Å². The third-order valence-corrected chi connectivity index (χ3v) is 6.35. The number of nitrogens with two attached hydrogens (primary N) is 1. The Morgan fingerprint density at radius 1 is 1.28 bits per heavy atom. The molecule has 3 heterocycles. The lowest BCUT2D eigenvalue weighted by molar-refractivity contribution is -0.115. The summed E-state index contributed by atoms with van der Waals surface area (Å²) in [4.78, 5) is 34.5. The van der Waals surface area contributed by atoms with Gasteiger partial charge in [-0.05, 0) is 25.1 Å². The third-order valence-electron chi connectivity index (χ3n) is 4.26. The summed E-state index contributed by atoms with van der Waals surface area (Å²) in [6.45, 7) is 2.71. The van der Waals surface area contributed by atoms with Crippen LogP contribution < -0.4 is 16.0 Å². The standard InChI is InChI=1S/C20H18N4O3S2/c1-2-27-14-8-4-3-6-12(14)10-24-19(26)17-16(23-20(24)28-11-15(21)25)13-7-5-9-22-18(13)29-17/h3-9H,2,10-11H2,1H3,(H2,21,25). The van der Waals surface area contributed by atoms with Crippen molar-refractivity contribution in [3.8, 4) is 5.75 Å². The first kappa shape index (κ1) is 19.4. The molecule has 0 atom stereocenters. The minimum atomic E-state index is -0.470. The van der Waals surface area contributed by atoms with Crippen LogP contribution in [0.1, 0.15) is 12.5 Å². The molecule has 0 unspecified atom stereocenters. The van der Waals surface area contributed by atoms with Crippen molar-refractivity contribution in [3.05, 3.63) is 58.5 Å². The zero-order chi connectivity index (χ0) is 20.4. The smallest absolute Gasteiger partial charge is 0.272 e. The number of aromatic nitrogens is 3. The van der Waals surface area contributed by atoms with E-state index in [-0.39, 0.29) is 17.9 Å². The largest absolute Gasteiger partial charge is 0.494 e. The zero-order valence-electron chi connectivity index (χ0n) is 15.6. The fourth-order valence-electron chi connectivity index (χ4n) is 3.03. The molecule has 0 aliphatic carbocycles. The van der Waals surface area contributed by atoms with E-state index in [0.29, 0.717) is 27.7 Å². The van der Waals surface area contributed by atoms with Gasteiger partial charge in [-0.15, -0.1) is 11.3 Å². The Bertz CT molecular complexity index is 1270. The van der Waals surface area contributed by atoms with E-state index in [2.05, 4.69) is 4.98 Å². The number of thiophene rings is 1. The van der Waals surface area contributed by atoms with E-state index in [1.165, 1.54) is 11.3 Å². The number of fused-ring (bicyclic) bond motifs is 3. The molecule has 0 bridgehead atoms. The molecule has 0 aliphatic rings. The fourth-order valence-corrected chi connectivity index (χ4v) is 4.79. The molecule has 9 heteroatoms. The summed E-state index contributed by atoms with van der Waals surface area (Å²) in [5, 5.41) is 1.27. The van der Waals surface area contributed by atoms with Crippen molar-refractivity contribution in [2.24, 2.45) is 5.73 Å². The molecule has 2 N–H and O–H groups in total. The Morgan fingerprint density at radius 2 is 2.10 bits per heavy atom.